The Balaban J connectivity index is 1.70. The SMILES string of the molecule is c1cc(C2C3CC4CC(C3)CC2C4)ccn1. The quantitative estimate of drug-likeness (QED) is 0.694. The van der Waals surface area contributed by atoms with Crippen LogP contribution in [0.3, 0.4) is 0 Å². The Labute approximate surface area is 97.3 Å². The van der Waals surface area contributed by atoms with E-state index in [1.54, 1.807) is 12.0 Å². The number of rotatable bonds is 1. The topological polar surface area (TPSA) is 12.9 Å². The van der Waals surface area contributed by atoms with Crippen molar-refractivity contribution in [2.75, 3.05) is 0 Å². The number of aromatic nitrogens is 1. The molecular formula is C15H19N. The molecule has 0 unspecified atom stereocenters. The summed E-state index contributed by atoms with van der Waals surface area (Å²) in [6, 6.07) is 4.51. The minimum absolute atomic E-state index is 0.871. The predicted molar refractivity (Wildman–Crippen MR) is 64.0 cm³/mol. The maximum atomic E-state index is 4.16. The highest BCUT2D eigenvalue weighted by Gasteiger charge is 2.48. The monoisotopic (exact) mass is 213 g/mol. The standard InChI is InChI=1S/C15H19N/c1-3-16-4-2-12(1)15-13-6-10-5-11(8-13)9-14(15)7-10/h1-4,10-11,13-15H,5-9H2. The Morgan fingerprint density at radius 3 is 1.94 bits per heavy atom. The highest BCUT2D eigenvalue weighted by atomic mass is 14.6. The van der Waals surface area contributed by atoms with Gasteiger partial charge in [-0.05, 0) is 79.4 Å². The summed E-state index contributed by atoms with van der Waals surface area (Å²) in [5.41, 5.74) is 1.57. The molecule has 4 aliphatic carbocycles. The second-order valence-electron chi connectivity index (χ2n) is 6.24. The van der Waals surface area contributed by atoms with Crippen LogP contribution in [0.5, 0.6) is 0 Å². The first-order chi connectivity index (χ1) is 7.90. The summed E-state index contributed by atoms with van der Waals surface area (Å²) in [4.78, 5) is 4.16. The summed E-state index contributed by atoms with van der Waals surface area (Å²) < 4.78 is 0. The summed E-state index contributed by atoms with van der Waals surface area (Å²) in [5.74, 6) is 5.04. The first-order valence-electron chi connectivity index (χ1n) is 6.80. The van der Waals surface area contributed by atoms with Crippen molar-refractivity contribution in [3.63, 3.8) is 0 Å². The van der Waals surface area contributed by atoms with Gasteiger partial charge in [0, 0.05) is 12.4 Å². The van der Waals surface area contributed by atoms with Crippen molar-refractivity contribution < 1.29 is 0 Å². The van der Waals surface area contributed by atoms with E-state index in [4.69, 9.17) is 0 Å². The molecule has 0 atom stereocenters. The Morgan fingerprint density at radius 2 is 1.38 bits per heavy atom. The first kappa shape index (κ1) is 9.21. The van der Waals surface area contributed by atoms with Gasteiger partial charge >= 0.3 is 0 Å². The molecule has 0 N–H and O–H groups in total. The van der Waals surface area contributed by atoms with Crippen LogP contribution in [-0.2, 0) is 0 Å². The molecule has 1 nitrogen and oxygen atoms in total. The number of pyridine rings is 1. The molecule has 0 spiro atoms. The molecule has 4 fully saturated rings. The minimum atomic E-state index is 0.871. The van der Waals surface area contributed by atoms with Crippen molar-refractivity contribution in [2.24, 2.45) is 23.7 Å². The third-order valence-corrected chi connectivity index (χ3v) is 5.32. The van der Waals surface area contributed by atoms with Crippen molar-refractivity contribution >= 4 is 0 Å². The number of hydrogen-bond acceptors (Lipinski definition) is 1. The molecule has 0 amide bonds. The molecule has 1 aromatic rings. The first-order valence-corrected chi connectivity index (χ1v) is 6.80. The fourth-order valence-electron chi connectivity index (χ4n) is 5.06. The van der Waals surface area contributed by atoms with Crippen LogP contribution in [0.15, 0.2) is 24.5 Å². The molecule has 1 heterocycles. The van der Waals surface area contributed by atoms with E-state index < -0.39 is 0 Å². The molecule has 5 rings (SSSR count). The van der Waals surface area contributed by atoms with Crippen LogP contribution in [0.4, 0.5) is 0 Å². The molecular weight excluding hydrogens is 194 g/mol. The maximum Gasteiger partial charge on any atom is 0.0270 e. The van der Waals surface area contributed by atoms with Crippen molar-refractivity contribution in [3.8, 4) is 0 Å². The highest BCUT2D eigenvalue weighted by molar-refractivity contribution is 5.21. The van der Waals surface area contributed by atoms with Gasteiger partial charge in [-0.25, -0.2) is 0 Å². The lowest BCUT2D eigenvalue weighted by molar-refractivity contribution is -0.00280. The van der Waals surface area contributed by atoms with Crippen LogP contribution in [-0.4, -0.2) is 4.98 Å². The summed E-state index contributed by atoms with van der Waals surface area (Å²) >= 11 is 0. The van der Waals surface area contributed by atoms with Gasteiger partial charge in [-0.15, -0.1) is 0 Å². The lowest BCUT2D eigenvalue weighted by Gasteiger charge is -2.54. The lowest BCUT2D eigenvalue weighted by Crippen LogP contribution is -2.43. The predicted octanol–water partition coefficient (Wildman–Crippen LogP) is 3.62. The summed E-state index contributed by atoms with van der Waals surface area (Å²) in [6.45, 7) is 0. The molecule has 4 saturated carbocycles. The average molecular weight is 213 g/mol. The zero-order valence-electron chi connectivity index (χ0n) is 9.68. The van der Waals surface area contributed by atoms with E-state index in [0.717, 1.165) is 29.6 Å². The third-order valence-electron chi connectivity index (χ3n) is 5.32. The van der Waals surface area contributed by atoms with E-state index in [1.165, 1.54) is 25.7 Å². The van der Waals surface area contributed by atoms with Crippen molar-refractivity contribution in [2.45, 2.75) is 38.0 Å². The summed E-state index contributed by atoms with van der Waals surface area (Å²) in [6.07, 6.45) is 11.6. The van der Waals surface area contributed by atoms with Gasteiger partial charge in [-0.2, -0.15) is 0 Å². The smallest absolute Gasteiger partial charge is 0.0270 e. The van der Waals surface area contributed by atoms with Crippen molar-refractivity contribution in [1.29, 1.82) is 0 Å². The van der Waals surface area contributed by atoms with Gasteiger partial charge in [-0.3, -0.25) is 4.98 Å². The van der Waals surface area contributed by atoms with Gasteiger partial charge in [-0.1, -0.05) is 0 Å². The van der Waals surface area contributed by atoms with Crippen LogP contribution in [0.1, 0.15) is 43.6 Å². The van der Waals surface area contributed by atoms with E-state index in [9.17, 15) is 0 Å². The second kappa shape index (κ2) is 3.32. The maximum absolute atomic E-state index is 4.16. The lowest BCUT2D eigenvalue weighted by atomic mass is 9.51. The molecule has 1 aromatic heterocycles. The van der Waals surface area contributed by atoms with Crippen LogP contribution in [0, 0.1) is 23.7 Å². The van der Waals surface area contributed by atoms with Gasteiger partial charge in [0.2, 0.25) is 0 Å². The fourth-order valence-corrected chi connectivity index (χ4v) is 5.06. The Hall–Kier alpha value is -0.850. The van der Waals surface area contributed by atoms with Crippen LogP contribution >= 0.6 is 0 Å². The van der Waals surface area contributed by atoms with E-state index in [-0.39, 0.29) is 0 Å². The van der Waals surface area contributed by atoms with E-state index in [2.05, 4.69) is 17.1 Å². The van der Waals surface area contributed by atoms with Crippen LogP contribution < -0.4 is 0 Å². The highest BCUT2D eigenvalue weighted by Crippen LogP contribution is 2.59. The molecule has 16 heavy (non-hydrogen) atoms. The summed E-state index contributed by atoms with van der Waals surface area (Å²) in [7, 11) is 0. The number of hydrogen-bond donors (Lipinski definition) is 0. The molecule has 0 saturated heterocycles. The van der Waals surface area contributed by atoms with Crippen LogP contribution in [0.2, 0.25) is 0 Å². The van der Waals surface area contributed by atoms with Crippen molar-refractivity contribution in [1.82, 2.24) is 4.98 Å². The second-order valence-corrected chi connectivity index (χ2v) is 6.24. The number of nitrogens with zero attached hydrogens (tertiary/aromatic N) is 1. The zero-order valence-corrected chi connectivity index (χ0v) is 9.68. The molecule has 1 heteroatoms. The molecule has 0 aromatic carbocycles. The molecule has 0 aliphatic heterocycles. The molecule has 84 valence electrons. The Bertz CT molecular complexity index is 356. The normalized spacial score (nSPS) is 44.9. The van der Waals surface area contributed by atoms with Crippen LogP contribution in [0.25, 0.3) is 0 Å². The Morgan fingerprint density at radius 1 is 0.812 bits per heavy atom. The van der Waals surface area contributed by atoms with Gasteiger partial charge in [0.25, 0.3) is 0 Å². The van der Waals surface area contributed by atoms with Gasteiger partial charge in [0.15, 0.2) is 0 Å². The fraction of sp³-hybridized carbons (Fsp3) is 0.667. The molecule has 4 aliphatic rings. The van der Waals surface area contributed by atoms with E-state index in [0.29, 0.717) is 0 Å². The minimum Gasteiger partial charge on any atom is -0.265 e. The zero-order chi connectivity index (χ0) is 10.5. The van der Waals surface area contributed by atoms with Gasteiger partial charge in [0.1, 0.15) is 0 Å². The molecule has 4 bridgehead atoms. The summed E-state index contributed by atoms with van der Waals surface area (Å²) in [5, 5.41) is 0. The van der Waals surface area contributed by atoms with E-state index >= 15 is 0 Å². The average Bonchev–Trinajstić information content (AvgIpc) is 2.29. The van der Waals surface area contributed by atoms with Gasteiger partial charge < -0.3 is 0 Å². The van der Waals surface area contributed by atoms with Gasteiger partial charge in [0.05, 0.1) is 0 Å². The molecule has 0 radical (unpaired) electrons. The third kappa shape index (κ3) is 1.27. The Kier molecular flexibility index (Phi) is 1.91. The van der Waals surface area contributed by atoms with Crippen molar-refractivity contribution in [3.05, 3.63) is 30.1 Å². The van der Waals surface area contributed by atoms with E-state index in [1.807, 2.05) is 12.4 Å². The largest absolute Gasteiger partial charge is 0.265 e.